The van der Waals surface area contributed by atoms with Crippen LogP contribution in [0, 0.1) is 0 Å². The number of thioether (sulfide) groups is 1. The van der Waals surface area contributed by atoms with E-state index in [0.29, 0.717) is 0 Å². The number of para-hydroxylation sites is 4. The molecule has 52 heavy (non-hydrogen) atoms. The van der Waals surface area contributed by atoms with Crippen LogP contribution >= 0.6 is 11.8 Å². The molecule has 262 valence electrons. The molecule has 0 bridgehead atoms. The van der Waals surface area contributed by atoms with Gasteiger partial charge in [-0.3, -0.25) is 4.90 Å². The van der Waals surface area contributed by atoms with Crippen molar-refractivity contribution in [2.45, 2.75) is 11.3 Å². The van der Waals surface area contributed by atoms with Gasteiger partial charge in [-0.1, -0.05) is 84.6 Å². The Labute approximate surface area is 328 Å². The molecule has 0 saturated carbocycles. The standard InChI is InChI=1S/C45H43N4OS.HI/c1-46-40(26-23-35-21-24-39(25-22-35)49(37-13-4-2-5-14-37)38-15-6-3-7-16-38)33-36(41-17-8-9-18-42(41)46)34-45-48(43-19-10-11-20-44(43)51-45)28-12-27-47-29-31-50-32-30-47;/h2-11,13-26,33-34H,12,27-32H2,1H3;1H/q+1;/p-1. The molecule has 2 aliphatic heterocycles. The molecular formula is C45H43IN4OS. The number of morpholine rings is 1. The molecule has 2 aliphatic rings. The van der Waals surface area contributed by atoms with Crippen molar-refractivity contribution in [1.82, 2.24) is 4.90 Å². The molecule has 7 heteroatoms. The summed E-state index contributed by atoms with van der Waals surface area (Å²) in [6, 6.07) is 49.8. The molecule has 8 rings (SSSR count). The van der Waals surface area contributed by atoms with Crippen molar-refractivity contribution in [1.29, 1.82) is 0 Å². The third-order valence-corrected chi connectivity index (χ3v) is 10.9. The molecule has 1 fully saturated rings. The summed E-state index contributed by atoms with van der Waals surface area (Å²) in [5, 5.41) is 2.53. The number of aromatic nitrogens is 1. The van der Waals surface area contributed by atoms with E-state index in [0.717, 1.165) is 74.1 Å². The minimum Gasteiger partial charge on any atom is -1.00 e. The highest BCUT2D eigenvalue weighted by atomic mass is 127. The SMILES string of the molecule is C[n+]1c(/C=C/c2ccc(N(c3ccccc3)c3ccccc3)cc2)cc(/C=C2\Sc3ccccc3N2CCCN2CCOCC2)c2ccccc21.[I-]. The van der Waals surface area contributed by atoms with E-state index in [1.807, 2.05) is 11.8 Å². The van der Waals surface area contributed by atoms with E-state index in [1.165, 1.54) is 32.1 Å². The lowest BCUT2D eigenvalue weighted by atomic mass is 10.1. The summed E-state index contributed by atoms with van der Waals surface area (Å²) in [7, 11) is 2.16. The molecule has 0 radical (unpaired) electrons. The van der Waals surface area contributed by atoms with Gasteiger partial charge in [-0.15, -0.1) is 0 Å². The van der Waals surface area contributed by atoms with Crippen molar-refractivity contribution in [2.75, 3.05) is 49.2 Å². The molecule has 0 unspecified atom stereocenters. The number of pyridine rings is 1. The van der Waals surface area contributed by atoms with Crippen LogP contribution < -0.4 is 38.3 Å². The Bertz CT molecular complexity index is 2130. The predicted octanol–water partition coefficient (Wildman–Crippen LogP) is 6.94. The molecule has 0 amide bonds. The Morgan fingerprint density at radius 1 is 0.712 bits per heavy atom. The van der Waals surface area contributed by atoms with Crippen molar-refractivity contribution in [3.05, 3.63) is 161 Å². The van der Waals surface area contributed by atoms with E-state index in [-0.39, 0.29) is 24.0 Å². The van der Waals surface area contributed by atoms with E-state index >= 15 is 0 Å². The Balaban J connectivity index is 0.00000420. The van der Waals surface area contributed by atoms with Gasteiger partial charge >= 0.3 is 0 Å². The van der Waals surface area contributed by atoms with Gasteiger partial charge in [0.1, 0.15) is 7.05 Å². The van der Waals surface area contributed by atoms with Crippen molar-refractivity contribution >= 4 is 63.6 Å². The zero-order valence-electron chi connectivity index (χ0n) is 29.4. The highest BCUT2D eigenvalue weighted by Gasteiger charge is 2.26. The number of rotatable bonds is 10. The number of nitrogens with zero attached hydrogens (tertiary/aromatic N) is 4. The number of fused-ring (bicyclic) bond motifs is 2. The molecule has 1 aromatic heterocycles. The van der Waals surface area contributed by atoms with Crippen LogP contribution in [-0.2, 0) is 11.8 Å². The second-order valence-electron chi connectivity index (χ2n) is 13.0. The van der Waals surface area contributed by atoms with Gasteiger partial charge in [-0.2, -0.15) is 4.57 Å². The summed E-state index contributed by atoms with van der Waals surface area (Å²) in [5.41, 5.74) is 9.45. The first-order valence-corrected chi connectivity index (χ1v) is 18.7. The molecular weight excluding hydrogens is 771 g/mol. The highest BCUT2D eigenvalue weighted by Crippen LogP contribution is 2.47. The smallest absolute Gasteiger partial charge is 0.213 e. The maximum absolute atomic E-state index is 5.58. The zero-order chi connectivity index (χ0) is 34.4. The first-order valence-electron chi connectivity index (χ1n) is 17.9. The van der Waals surface area contributed by atoms with Crippen LogP contribution in [-0.4, -0.2) is 44.3 Å². The lowest BCUT2D eigenvalue weighted by Crippen LogP contribution is -3.00. The number of hydrogen-bond acceptors (Lipinski definition) is 5. The zero-order valence-corrected chi connectivity index (χ0v) is 32.4. The Kier molecular flexibility index (Phi) is 11.7. The molecule has 0 atom stereocenters. The van der Waals surface area contributed by atoms with E-state index in [9.17, 15) is 0 Å². The topological polar surface area (TPSA) is 22.8 Å². The van der Waals surface area contributed by atoms with Crippen molar-refractivity contribution in [2.24, 2.45) is 7.05 Å². The van der Waals surface area contributed by atoms with Crippen LogP contribution in [0.1, 0.15) is 23.2 Å². The van der Waals surface area contributed by atoms with Gasteiger partial charge in [-0.05, 0) is 84.3 Å². The molecule has 5 nitrogen and oxygen atoms in total. The van der Waals surface area contributed by atoms with Gasteiger partial charge in [0.15, 0.2) is 0 Å². The summed E-state index contributed by atoms with van der Waals surface area (Å²) in [6.45, 7) is 5.82. The summed E-state index contributed by atoms with van der Waals surface area (Å²) in [5.74, 6) is 0. The van der Waals surface area contributed by atoms with Crippen LogP contribution in [0.2, 0.25) is 0 Å². The van der Waals surface area contributed by atoms with Crippen LogP contribution in [0.25, 0.3) is 29.1 Å². The van der Waals surface area contributed by atoms with E-state index in [1.54, 1.807) is 0 Å². The second-order valence-corrected chi connectivity index (χ2v) is 14.1. The summed E-state index contributed by atoms with van der Waals surface area (Å²) in [4.78, 5) is 8.67. The number of benzene rings is 5. The van der Waals surface area contributed by atoms with Gasteiger partial charge in [-0.25, -0.2) is 0 Å². The maximum Gasteiger partial charge on any atom is 0.213 e. The minimum absolute atomic E-state index is 0. The average Bonchev–Trinajstić information content (AvgIpc) is 3.54. The largest absolute Gasteiger partial charge is 1.00 e. The van der Waals surface area contributed by atoms with Crippen molar-refractivity contribution in [3.8, 4) is 0 Å². The minimum atomic E-state index is 0. The number of hydrogen-bond donors (Lipinski definition) is 0. The highest BCUT2D eigenvalue weighted by molar-refractivity contribution is 8.03. The summed E-state index contributed by atoms with van der Waals surface area (Å²) in [6.07, 6.45) is 7.97. The third kappa shape index (κ3) is 7.98. The molecule has 5 aromatic carbocycles. The normalized spacial score (nSPS) is 15.2. The Morgan fingerprint density at radius 2 is 1.35 bits per heavy atom. The number of aryl methyl sites for hydroxylation is 1. The fourth-order valence-corrected chi connectivity index (χ4v) is 8.22. The number of anilines is 4. The Morgan fingerprint density at radius 3 is 2.08 bits per heavy atom. The monoisotopic (exact) mass is 814 g/mol. The quantitative estimate of drug-likeness (QED) is 0.110. The third-order valence-electron chi connectivity index (χ3n) is 9.77. The maximum atomic E-state index is 5.58. The molecule has 1 saturated heterocycles. The van der Waals surface area contributed by atoms with Crippen LogP contribution in [0.3, 0.4) is 0 Å². The van der Waals surface area contributed by atoms with E-state index < -0.39 is 0 Å². The predicted molar refractivity (Wildman–Crippen MR) is 215 cm³/mol. The summed E-state index contributed by atoms with van der Waals surface area (Å²) < 4.78 is 7.87. The van der Waals surface area contributed by atoms with Gasteiger partial charge < -0.3 is 38.5 Å². The molecule has 0 N–H and O–H groups in total. The fourth-order valence-electron chi connectivity index (χ4n) is 7.08. The summed E-state index contributed by atoms with van der Waals surface area (Å²) >= 11 is 1.88. The molecule has 3 heterocycles. The number of halogens is 1. The van der Waals surface area contributed by atoms with E-state index in [4.69, 9.17) is 4.74 Å². The number of ether oxygens (including phenoxy) is 1. The molecule has 0 aliphatic carbocycles. The van der Waals surface area contributed by atoms with Crippen LogP contribution in [0.5, 0.6) is 0 Å². The second kappa shape index (κ2) is 16.9. The van der Waals surface area contributed by atoms with Crippen LogP contribution in [0.15, 0.2) is 149 Å². The van der Waals surface area contributed by atoms with Gasteiger partial charge in [0.05, 0.1) is 29.3 Å². The van der Waals surface area contributed by atoms with Crippen molar-refractivity contribution in [3.63, 3.8) is 0 Å². The lowest BCUT2D eigenvalue weighted by Gasteiger charge is -2.28. The van der Waals surface area contributed by atoms with Crippen LogP contribution in [0.4, 0.5) is 22.7 Å². The molecule has 6 aromatic rings. The Hall–Kier alpha value is -4.41. The lowest BCUT2D eigenvalue weighted by molar-refractivity contribution is -0.646. The van der Waals surface area contributed by atoms with Gasteiger partial charge in [0.2, 0.25) is 11.2 Å². The fraction of sp³-hybridized carbons (Fsp3) is 0.178. The first-order chi connectivity index (χ1) is 25.2. The van der Waals surface area contributed by atoms with Gasteiger partial charge in [0.25, 0.3) is 0 Å². The van der Waals surface area contributed by atoms with E-state index in [2.05, 4.69) is 184 Å². The van der Waals surface area contributed by atoms with Gasteiger partial charge in [0, 0.05) is 66.3 Å². The molecule has 0 spiro atoms. The average molecular weight is 815 g/mol. The first kappa shape index (κ1) is 36.0. The van der Waals surface area contributed by atoms with Crippen molar-refractivity contribution < 1.29 is 33.3 Å².